The third-order valence-electron chi connectivity index (χ3n) is 3.21. The van der Waals surface area contributed by atoms with E-state index in [0.717, 1.165) is 25.5 Å². The van der Waals surface area contributed by atoms with Gasteiger partial charge in [0.15, 0.2) is 0 Å². The van der Waals surface area contributed by atoms with Crippen molar-refractivity contribution in [2.75, 3.05) is 18.1 Å². The van der Waals surface area contributed by atoms with E-state index in [1.807, 2.05) is 0 Å². The lowest BCUT2D eigenvalue weighted by molar-refractivity contribution is -0.138. The van der Waals surface area contributed by atoms with Crippen molar-refractivity contribution in [2.24, 2.45) is 5.92 Å². The SMILES string of the molecule is CS(=O)(=O)NC1CCCC1CNc1nnc(C(F)(F)F)s1. The predicted molar refractivity (Wildman–Crippen MR) is 72.5 cm³/mol. The molecule has 2 rings (SSSR count). The number of sulfonamides is 1. The number of anilines is 1. The van der Waals surface area contributed by atoms with Gasteiger partial charge in [-0.1, -0.05) is 17.8 Å². The maximum atomic E-state index is 12.4. The molecule has 1 fully saturated rings. The van der Waals surface area contributed by atoms with Crippen LogP contribution in [0.1, 0.15) is 24.3 Å². The van der Waals surface area contributed by atoms with Crippen LogP contribution in [0.5, 0.6) is 0 Å². The van der Waals surface area contributed by atoms with E-state index >= 15 is 0 Å². The van der Waals surface area contributed by atoms with Crippen LogP contribution < -0.4 is 10.0 Å². The van der Waals surface area contributed by atoms with Gasteiger partial charge in [-0.15, -0.1) is 10.2 Å². The van der Waals surface area contributed by atoms with E-state index in [9.17, 15) is 21.6 Å². The van der Waals surface area contributed by atoms with Crippen molar-refractivity contribution in [1.82, 2.24) is 14.9 Å². The number of hydrogen-bond acceptors (Lipinski definition) is 6. The van der Waals surface area contributed by atoms with E-state index in [0.29, 0.717) is 17.9 Å². The van der Waals surface area contributed by atoms with Crippen LogP contribution in [0, 0.1) is 5.92 Å². The summed E-state index contributed by atoms with van der Waals surface area (Å²) in [6.07, 6.45) is -0.987. The molecule has 11 heteroatoms. The standard InChI is InChI=1S/C10H15F3N4O2S2/c1-21(18,19)17-7-4-2-3-6(7)5-14-9-16-15-8(20-9)10(11,12)13/h6-7,17H,2-5H2,1H3,(H,14,16). The largest absolute Gasteiger partial charge is 0.445 e. The van der Waals surface area contributed by atoms with Gasteiger partial charge in [-0.2, -0.15) is 13.2 Å². The molecular formula is C10H15F3N4O2S2. The molecule has 0 amide bonds. The number of nitrogens with zero attached hydrogens (tertiary/aromatic N) is 2. The van der Waals surface area contributed by atoms with Gasteiger partial charge in [0.05, 0.1) is 6.26 Å². The van der Waals surface area contributed by atoms with Gasteiger partial charge < -0.3 is 5.32 Å². The Labute approximate surface area is 124 Å². The Morgan fingerprint density at radius 3 is 2.62 bits per heavy atom. The summed E-state index contributed by atoms with van der Waals surface area (Å²) in [5, 5.41) is 8.42. The van der Waals surface area contributed by atoms with Gasteiger partial charge >= 0.3 is 6.18 Å². The Balaban J connectivity index is 1.92. The summed E-state index contributed by atoms with van der Waals surface area (Å²) in [5.41, 5.74) is 0. The summed E-state index contributed by atoms with van der Waals surface area (Å²) in [6, 6.07) is -0.192. The Morgan fingerprint density at radius 2 is 2.05 bits per heavy atom. The molecule has 1 aliphatic rings. The van der Waals surface area contributed by atoms with Crippen molar-refractivity contribution in [3.8, 4) is 0 Å². The third kappa shape index (κ3) is 4.78. The minimum absolute atomic E-state index is 0.0259. The van der Waals surface area contributed by atoms with Crippen LogP contribution in [-0.2, 0) is 16.2 Å². The topological polar surface area (TPSA) is 84.0 Å². The van der Waals surface area contributed by atoms with Gasteiger partial charge in [0.25, 0.3) is 0 Å². The Hall–Kier alpha value is -0.940. The van der Waals surface area contributed by atoms with Crippen LogP contribution in [0.3, 0.4) is 0 Å². The van der Waals surface area contributed by atoms with E-state index in [-0.39, 0.29) is 17.1 Å². The Kier molecular flexibility index (Phi) is 4.73. The fraction of sp³-hybridized carbons (Fsp3) is 0.800. The number of nitrogens with one attached hydrogen (secondary N) is 2. The second-order valence-corrected chi connectivity index (χ2v) is 7.74. The molecule has 0 radical (unpaired) electrons. The first-order chi connectivity index (χ1) is 9.65. The van der Waals surface area contributed by atoms with Crippen molar-refractivity contribution in [2.45, 2.75) is 31.5 Å². The van der Waals surface area contributed by atoms with Crippen LogP contribution in [0.2, 0.25) is 0 Å². The number of rotatable bonds is 5. The molecule has 0 saturated heterocycles. The van der Waals surface area contributed by atoms with Crippen molar-refractivity contribution in [3.05, 3.63) is 5.01 Å². The molecule has 2 N–H and O–H groups in total. The highest BCUT2D eigenvalue weighted by Crippen LogP contribution is 2.33. The summed E-state index contributed by atoms with van der Waals surface area (Å²) in [5.74, 6) is 0.0259. The van der Waals surface area contributed by atoms with Crippen molar-refractivity contribution >= 4 is 26.5 Å². The molecule has 2 atom stereocenters. The van der Waals surface area contributed by atoms with Crippen molar-refractivity contribution < 1.29 is 21.6 Å². The minimum atomic E-state index is -4.49. The third-order valence-corrected chi connectivity index (χ3v) is 4.86. The van der Waals surface area contributed by atoms with E-state index < -0.39 is 21.2 Å². The van der Waals surface area contributed by atoms with Gasteiger partial charge in [-0.05, 0) is 18.8 Å². The average molecular weight is 344 g/mol. The van der Waals surface area contributed by atoms with Crippen molar-refractivity contribution in [3.63, 3.8) is 0 Å². The average Bonchev–Trinajstić information content (AvgIpc) is 2.92. The molecule has 1 aliphatic carbocycles. The van der Waals surface area contributed by atoms with Gasteiger partial charge in [0, 0.05) is 12.6 Å². The number of hydrogen-bond donors (Lipinski definition) is 2. The molecule has 0 bridgehead atoms. The molecule has 0 spiro atoms. The monoisotopic (exact) mass is 344 g/mol. The fourth-order valence-corrected chi connectivity index (χ4v) is 3.82. The number of aromatic nitrogens is 2. The lowest BCUT2D eigenvalue weighted by atomic mass is 10.1. The Bertz CT molecular complexity index is 587. The van der Waals surface area contributed by atoms with Crippen LogP contribution in [0.25, 0.3) is 0 Å². The van der Waals surface area contributed by atoms with Gasteiger partial charge in [-0.3, -0.25) is 0 Å². The van der Waals surface area contributed by atoms with E-state index in [1.165, 1.54) is 0 Å². The molecule has 1 aromatic rings. The van der Waals surface area contributed by atoms with E-state index in [4.69, 9.17) is 0 Å². The van der Waals surface area contributed by atoms with Gasteiger partial charge in [-0.25, -0.2) is 13.1 Å². The normalized spacial score (nSPS) is 23.4. The van der Waals surface area contributed by atoms with Crippen LogP contribution >= 0.6 is 11.3 Å². The highest BCUT2D eigenvalue weighted by molar-refractivity contribution is 7.88. The molecule has 1 saturated carbocycles. The molecule has 0 aromatic carbocycles. The van der Waals surface area contributed by atoms with Crippen LogP contribution in [-0.4, -0.2) is 37.5 Å². The van der Waals surface area contributed by atoms with E-state index in [1.54, 1.807) is 0 Å². The van der Waals surface area contributed by atoms with E-state index in [2.05, 4.69) is 20.2 Å². The molecular weight excluding hydrogens is 329 g/mol. The van der Waals surface area contributed by atoms with Crippen LogP contribution in [0.4, 0.5) is 18.3 Å². The van der Waals surface area contributed by atoms with Gasteiger partial charge in [0.1, 0.15) is 0 Å². The summed E-state index contributed by atoms with van der Waals surface area (Å²) in [6.45, 7) is 0.361. The lowest BCUT2D eigenvalue weighted by Crippen LogP contribution is -2.38. The summed E-state index contributed by atoms with van der Waals surface area (Å²) < 4.78 is 62.2. The predicted octanol–water partition coefficient (Wildman–Crippen LogP) is 1.69. The molecule has 1 aromatic heterocycles. The maximum Gasteiger partial charge on any atom is 0.445 e. The molecule has 1 heterocycles. The molecule has 6 nitrogen and oxygen atoms in total. The quantitative estimate of drug-likeness (QED) is 0.849. The zero-order valence-electron chi connectivity index (χ0n) is 11.1. The number of alkyl halides is 3. The Morgan fingerprint density at radius 1 is 1.33 bits per heavy atom. The molecule has 21 heavy (non-hydrogen) atoms. The summed E-state index contributed by atoms with van der Waals surface area (Å²) in [7, 11) is -3.29. The fourth-order valence-electron chi connectivity index (χ4n) is 2.34. The first-order valence-electron chi connectivity index (χ1n) is 6.27. The highest BCUT2D eigenvalue weighted by atomic mass is 32.2. The summed E-state index contributed by atoms with van der Waals surface area (Å²) in [4.78, 5) is 0. The lowest BCUT2D eigenvalue weighted by Gasteiger charge is -2.19. The molecule has 0 aliphatic heterocycles. The second-order valence-electron chi connectivity index (χ2n) is 4.98. The number of halogens is 3. The first-order valence-corrected chi connectivity index (χ1v) is 8.98. The second kappa shape index (κ2) is 6.05. The smallest absolute Gasteiger partial charge is 0.360 e. The molecule has 2 unspecified atom stereocenters. The highest BCUT2D eigenvalue weighted by Gasteiger charge is 2.36. The van der Waals surface area contributed by atoms with Crippen molar-refractivity contribution in [1.29, 1.82) is 0 Å². The van der Waals surface area contributed by atoms with Crippen LogP contribution in [0.15, 0.2) is 0 Å². The summed E-state index contributed by atoms with van der Waals surface area (Å²) >= 11 is 0.441. The minimum Gasteiger partial charge on any atom is -0.360 e. The van der Waals surface area contributed by atoms with Gasteiger partial charge in [0.2, 0.25) is 20.2 Å². The maximum absolute atomic E-state index is 12.4. The zero-order chi connectivity index (χ0) is 15.7. The first kappa shape index (κ1) is 16.4. The zero-order valence-corrected chi connectivity index (χ0v) is 12.8. The molecule has 120 valence electrons.